The highest BCUT2D eigenvalue weighted by Gasteiger charge is 2.36. The zero-order valence-corrected chi connectivity index (χ0v) is 15.6. The largest absolute Gasteiger partial charge is 0.480 e. The monoisotopic (exact) mass is 359 g/mol. The van der Waals surface area contributed by atoms with Crippen LogP contribution in [0.4, 0.5) is 0 Å². The summed E-state index contributed by atoms with van der Waals surface area (Å²) >= 11 is 0. The molecule has 7 nitrogen and oxygen atoms in total. The summed E-state index contributed by atoms with van der Waals surface area (Å²) in [5.74, 6) is -1.09. The first-order valence-corrected chi connectivity index (χ1v) is 9.13. The van der Waals surface area contributed by atoms with Crippen molar-refractivity contribution in [3.63, 3.8) is 0 Å². The van der Waals surface area contributed by atoms with Gasteiger partial charge in [0.25, 0.3) is 11.6 Å². The van der Waals surface area contributed by atoms with Crippen LogP contribution in [0.1, 0.15) is 87.0 Å². The number of fused-ring (bicyclic) bond motifs is 1. The Balaban J connectivity index is 2.08. The fraction of sp³-hybridized carbons (Fsp3) is 0.579. The number of carbonyl (C=O) groups excluding carboxylic acids is 1. The van der Waals surface area contributed by atoms with Crippen molar-refractivity contribution in [2.24, 2.45) is 0 Å². The first kappa shape index (κ1) is 18.4. The van der Waals surface area contributed by atoms with Crippen molar-refractivity contribution in [3.05, 3.63) is 23.0 Å². The van der Waals surface area contributed by atoms with E-state index in [4.69, 9.17) is 4.52 Å². The molecule has 2 heterocycles. The smallest absolute Gasteiger partial charge is 0.329 e. The summed E-state index contributed by atoms with van der Waals surface area (Å²) in [5, 5.41) is 16.9. The minimum atomic E-state index is -1.32. The van der Waals surface area contributed by atoms with Crippen LogP contribution in [0.2, 0.25) is 0 Å². The van der Waals surface area contributed by atoms with Crippen LogP contribution in [0, 0.1) is 0 Å². The molecule has 0 aromatic carbocycles. The highest BCUT2D eigenvalue weighted by molar-refractivity contribution is 6.07. The van der Waals surface area contributed by atoms with Crippen LogP contribution in [-0.2, 0) is 4.79 Å². The van der Waals surface area contributed by atoms with Crippen LogP contribution in [0.5, 0.6) is 0 Å². The van der Waals surface area contributed by atoms with Crippen molar-refractivity contribution in [2.45, 2.75) is 70.8 Å². The molecule has 0 saturated heterocycles. The second-order valence-electron chi connectivity index (χ2n) is 7.61. The van der Waals surface area contributed by atoms with Crippen molar-refractivity contribution in [1.29, 1.82) is 0 Å². The molecule has 26 heavy (non-hydrogen) atoms. The molecule has 1 saturated carbocycles. The van der Waals surface area contributed by atoms with Crippen molar-refractivity contribution in [3.8, 4) is 0 Å². The Labute approximate surface area is 152 Å². The van der Waals surface area contributed by atoms with Crippen molar-refractivity contribution in [2.75, 3.05) is 0 Å². The van der Waals surface area contributed by atoms with Crippen LogP contribution in [0.25, 0.3) is 11.1 Å². The van der Waals surface area contributed by atoms with E-state index in [0.29, 0.717) is 41.1 Å². The van der Waals surface area contributed by atoms with Crippen LogP contribution >= 0.6 is 0 Å². The van der Waals surface area contributed by atoms with Gasteiger partial charge in [-0.15, -0.1) is 0 Å². The van der Waals surface area contributed by atoms with E-state index in [1.807, 2.05) is 20.8 Å². The fourth-order valence-corrected chi connectivity index (χ4v) is 3.19. The van der Waals surface area contributed by atoms with Gasteiger partial charge in [0, 0.05) is 11.6 Å². The van der Waals surface area contributed by atoms with Gasteiger partial charge >= 0.3 is 5.97 Å². The van der Waals surface area contributed by atoms with Crippen molar-refractivity contribution in [1.82, 2.24) is 15.5 Å². The number of rotatable bonds is 7. The SMILES string of the molecule is CCCC(C)(NC(=O)c1cc(C2CC2)nc2onc(C(C)C)c12)C(=O)O. The van der Waals surface area contributed by atoms with Crippen LogP contribution < -0.4 is 5.32 Å². The first-order valence-electron chi connectivity index (χ1n) is 9.13. The number of hydrogen-bond donors (Lipinski definition) is 2. The second kappa shape index (κ2) is 6.70. The lowest BCUT2D eigenvalue weighted by Gasteiger charge is -2.26. The van der Waals surface area contributed by atoms with Gasteiger partial charge < -0.3 is 14.9 Å². The van der Waals surface area contributed by atoms with E-state index in [2.05, 4.69) is 15.5 Å². The summed E-state index contributed by atoms with van der Waals surface area (Å²) in [5.41, 5.74) is 0.881. The Morgan fingerprint density at radius 2 is 2.12 bits per heavy atom. The zero-order chi connectivity index (χ0) is 19.1. The average Bonchev–Trinajstić information content (AvgIpc) is 3.32. The van der Waals surface area contributed by atoms with Crippen LogP contribution in [0.15, 0.2) is 10.6 Å². The van der Waals surface area contributed by atoms with Crippen LogP contribution in [-0.4, -0.2) is 32.7 Å². The van der Waals surface area contributed by atoms with Gasteiger partial charge in [0.15, 0.2) is 0 Å². The van der Waals surface area contributed by atoms with Gasteiger partial charge in [0.2, 0.25) is 0 Å². The summed E-state index contributed by atoms with van der Waals surface area (Å²) in [6.45, 7) is 7.35. The van der Waals surface area contributed by atoms with Gasteiger partial charge in [-0.05, 0) is 38.2 Å². The number of nitrogens with zero attached hydrogens (tertiary/aromatic N) is 2. The van der Waals surface area contributed by atoms with Gasteiger partial charge in [-0.25, -0.2) is 9.78 Å². The Hall–Kier alpha value is -2.44. The molecular weight excluding hydrogens is 334 g/mol. The van der Waals surface area contributed by atoms with Crippen molar-refractivity contribution < 1.29 is 19.2 Å². The molecular formula is C19H25N3O4. The summed E-state index contributed by atoms with van der Waals surface area (Å²) in [6.07, 6.45) is 3.06. The lowest BCUT2D eigenvalue weighted by molar-refractivity contribution is -0.144. The molecule has 1 fully saturated rings. The van der Waals surface area contributed by atoms with Gasteiger partial charge in [-0.3, -0.25) is 4.79 Å². The highest BCUT2D eigenvalue weighted by atomic mass is 16.5. The van der Waals surface area contributed by atoms with E-state index in [-0.39, 0.29) is 5.92 Å². The number of carboxylic acid groups (broad SMARTS) is 1. The third kappa shape index (κ3) is 3.30. The third-order valence-electron chi connectivity index (χ3n) is 4.89. The summed E-state index contributed by atoms with van der Waals surface area (Å²) in [6, 6.07) is 1.77. The number of aromatic nitrogens is 2. The molecule has 1 aliphatic rings. The number of aliphatic carboxylic acids is 1. The molecule has 0 radical (unpaired) electrons. The van der Waals surface area contributed by atoms with E-state index >= 15 is 0 Å². The maximum Gasteiger partial charge on any atom is 0.329 e. The molecule has 7 heteroatoms. The molecule has 1 unspecified atom stereocenters. The molecule has 2 N–H and O–H groups in total. The summed E-state index contributed by atoms with van der Waals surface area (Å²) in [7, 11) is 0. The lowest BCUT2D eigenvalue weighted by Crippen LogP contribution is -2.52. The number of carboxylic acids is 1. The molecule has 2 aromatic rings. The first-order chi connectivity index (χ1) is 12.3. The number of pyridine rings is 1. The topological polar surface area (TPSA) is 105 Å². The molecule has 1 atom stereocenters. The molecule has 0 bridgehead atoms. The Kier molecular flexibility index (Phi) is 4.73. The quantitative estimate of drug-likeness (QED) is 0.782. The molecule has 1 aliphatic carbocycles. The average molecular weight is 359 g/mol. The molecule has 140 valence electrons. The maximum atomic E-state index is 13.0. The Morgan fingerprint density at radius 3 is 2.65 bits per heavy atom. The van der Waals surface area contributed by atoms with Gasteiger partial charge in [0.05, 0.1) is 16.6 Å². The van der Waals surface area contributed by atoms with E-state index in [9.17, 15) is 14.7 Å². The number of nitrogens with one attached hydrogen (secondary N) is 1. The molecule has 0 spiro atoms. The van der Waals surface area contributed by atoms with E-state index < -0.39 is 17.4 Å². The van der Waals surface area contributed by atoms with Gasteiger partial charge in [-0.1, -0.05) is 32.3 Å². The van der Waals surface area contributed by atoms with E-state index in [1.165, 1.54) is 6.92 Å². The number of carbonyl (C=O) groups is 2. The molecule has 2 aromatic heterocycles. The molecule has 3 rings (SSSR count). The lowest BCUT2D eigenvalue weighted by atomic mass is 9.95. The van der Waals surface area contributed by atoms with E-state index in [1.54, 1.807) is 6.07 Å². The zero-order valence-electron chi connectivity index (χ0n) is 15.6. The predicted octanol–water partition coefficient (Wildman–Crippen LogP) is 3.60. The van der Waals surface area contributed by atoms with Gasteiger partial charge in [0.1, 0.15) is 5.54 Å². The Morgan fingerprint density at radius 1 is 1.42 bits per heavy atom. The predicted molar refractivity (Wildman–Crippen MR) is 96.3 cm³/mol. The van der Waals surface area contributed by atoms with Gasteiger partial charge in [-0.2, -0.15) is 0 Å². The number of hydrogen-bond acceptors (Lipinski definition) is 5. The fourth-order valence-electron chi connectivity index (χ4n) is 3.19. The Bertz CT molecular complexity index is 854. The minimum absolute atomic E-state index is 0.0536. The third-order valence-corrected chi connectivity index (χ3v) is 4.89. The summed E-state index contributed by atoms with van der Waals surface area (Å²) < 4.78 is 5.39. The molecule has 0 aliphatic heterocycles. The second-order valence-corrected chi connectivity index (χ2v) is 7.61. The number of amides is 1. The summed E-state index contributed by atoms with van der Waals surface area (Å²) in [4.78, 5) is 29.3. The normalized spacial score (nSPS) is 16.7. The standard InChI is InChI=1S/C19H25N3O4/c1-5-8-19(4,18(24)25)21-16(23)12-9-13(11-6-7-11)20-17-14(12)15(10(2)3)22-26-17/h9-11H,5-8H2,1-4H3,(H,21,23)(H,24,25). The van der Waals surface area contributed by atoms with Crippen molar-refractivity contribution >= 4 is 23.0 Å². The maximum absolute atomic E-state index is 13.0. The minimum Gasteiger partial charge on any atom is -0.480 e. The molecule has 1 amide bonds. The van der Waals surface area contributed by atoms with E-state index in [0.717, 1.165) is 18.5 Å². The van der Waals surface area contributed by atoms with Crippen LogP contribution in [0.3, 0.4) is 0 Å². The highest BCUT2D eigenvalue weighted by Crippen LogP contribution is 2.41.